The Balaban J connectivity index is 2.48. The van der Waals surface area contributed by atoms with Crippen LogP contribution in [0, 0.1) is 0 Å². The lowest BCUT2D eigenvalue weighted by Crippen LogP contribution is -2.30. The fourth-order valence-electron chi connectivity index (χ4n) is 1.92. The van der Waals surface area contributed by atoms with Gasteiger partial charge in [0.2, 0.25) is 0 Å². The zero-order valence-corrected chi connectivity index (χ0v) is 10.7. The van der Waals surface area contributed by atoms with E-state index in [1.54, 1.807) is 7.11 Å². The highest BCUT2D eigenvalue weighted by atomic mass is 16.5. The van der Waals surface area contributed by atoms with E-state index in [1.165, 1.54) is 4.57 Å². The minimum absolute atomic E-state index is 0.306. The van der Waals surface area contributed by atoms with Gasteiger partial charge in [0, 0.05) is 26.7 Å². The van der Waals surface area contributed by atoms with Gasteiger partial charge in [0.25, 0.3) is 5.56 Å². The Morgan fingerprint density at radius 1 is 1.37 bits per heavy atom. The van der Waals surface area contributed by atoms with Crippen molar-refractivity contribution in [2.45, 2.75) is 19.4 Å². The van der Waals surface area contributed by atoms with Crippen LogP contribution in [0.25, 0.3) is 11.2 Å². The second kappa shape index (κ2) is 5.81. The fourth-order valence-corrected chi connectivity index (χ4v) is 1.92. The number of methoxy groups -OCH3 is 1. The van der Waals surface area contributed by atoms with E-state index in [-0.39, 0.29) is 0 Å². The summed E-state index contributed by atoms with van der Waals surface area (Å²) in [5.41, 5.74) is 5.21. The predicted molar refractivity (Wildman–Crippen MR) is 70.2 cm³/mol. The maximum atomic E-state index is 11.8. The van der Waals surface area contributed by atoms with Crippen molar-refractivity contribution < 1.29 is 4.74 Å². The number of nitrogens with zero attached hydrogens (tertiary/aromatic N) is 2. The van der Waals surface area contributed by atoms with Crippen LogP contribution in [0.5, 0.6) is 0 Å². The topological polar surface area (TPSA) is 119 Å². The summed E-state index contributed by atoms with van der Waals surface area (Å²) < 4.78 is 6.39. The molecule has 2 rings (SSSR count). The lowest BCUT2D eigenvalue weighted by Gasteiger charge is -2.04. The number of nitrogens with one attached hydrogen (secondary N) is 2. The van der Waals surface area contributed by atoms with Gasteiger partial charge in [-0.3, -0.25) is 14.3 Å². The Morgan fingerprint density at radius 2 is 2.16 bits per heavy atom. The Bertz CT molecular complexity index is 669. The molecule has 0 aliphatic carbocycles. The molecule has 8 heteroatoms. The Labute approximate surface area is 108 Å². The molecule has 4 N–H and O–H groups in total. The van der Waals surface area contributed by atoms with Gasteiger partial charge in [0.05, 0.1) is 0 Å². The molecule has 0 radical (unpaired) electrons. The summed E-state index contributed by atoms with van der Waals surface area (Å²) in [7, 11) is 1.60. The van der Waals surface area contributed by atoms with Crippen LogP contribution in [0.2, 0.25) is 0 Å². The molecule has 2 heterocycles. The van der Waals surface area contributed by atoms with Crippen molar-refractivity contribution in [3.05, 3.63) is 26.7 Å². The number of hydrogen-bond acceptors (Lipinski definition) is 5. The number of H-pyrrole nitrogens is 2. The van der Waals surface area contributed by atoms with E-state index in [0.29, 0.717) is 49.5 Å². The molecule has 0 aliphatic heterocycles. The lowest BCUT2D eigenvalue weighted by molar-refractivity contribution is 0.190. The van der Waals surface area contributed by atoms with E-state index in [2.05, 4.69) is 15.0 Å². The van der Waals surface area contributed by atoms with Gasteiger partial charge in [-0.2, -0.15) is 0 Å². The first-order valence-electron chi connectivity index (χ1n) is 6.08. The molecule has 0 fully saturated rings. The highest BCUT2D eigenvalue weighted by Gasteiger charge is 2.12. The molecule has 0 aromatic carbocycles. The van der Waals surface area contributed by atoms with Gasteiger partial charge in [0.15, 0.2) is 5.65 Å². The third kappa shape index (κ3) is 2.74. The smallest absolute Gasteiger partial charge is 0.330 e. The van der Waals surface area contributed by atoms with Crippen LogP contribution in [-0.2, 0) is 17.7 Å². The number of fused-ring (bicyclic) bond motifs is 1. The van der Waals surface area contributed by atoms with Gasteiger partial charge in [-0.25, -0.2) is 9.78 Å². The molecule has 104 valence electrons. The number of aromatic nitrogens is 4. The third-order valence-electron chi connectivity index (χ3n) is 2.79. The van der Waals surface area contributed by atoms with Gasteiger partial charge < -0.3 is 15.5 Å². The molecular weight excluding hydrogens is 250 g/mol. The number of aromatic amines is 2. The van der Waals surface area contributed by atoms with Crippen LogP contribution in [0.15, 0.2) is 9.59 Å². The average molecular weight is 267 g/mol. The monoisotopic (exact) mass is 267 g/mol. The van der Waals surface area contributed by atoms with Crippen molar-refractivity contribution in [2.24, 2.45) is 5.73 Å². The second-order valence-corrected chi connectivity index (χ2v) is 4.18. The molecule has 0 saturated heterocycles. The maximum absolute atomic E-state index is 11.8. The molecule has 8 nitrogen and oxygen atoms in total. The SMILES string of the molecule is COCCCn1c(=O)[nH]c(=O)c2[nH]c(CCN)nc21. The summed E-state index contributed by atoms with van der Waals surface area (Å²) >= 11 is 0. The first-order chi connectivity index (χ1) is 9.17. The largest absolute Gasteiger partial charge is 0.385 e. The van der Waals surface area contributed by atoms with E-state index in [0.717, 1.165) is 0 Å². The van der Waals surface area contributed by atoms with Crippen molar-refractivity contribution in [1.82, 2.24) is 19.5 Å². The molecule has 0 amide bonds. The zero-order valence-electron chi connectivity index (χ0n) is 10.7. The standard InChI is InChI=1S/C11H17N5O3/c1-19-6-2-5-16-9-8(10(17)15-11(16)18)13-7(14-9)3-4-12/h2-6,12H2,1H3,(H,13,14)(H,15,17,18). The van der Waals surface area contributed by atoms with Crippen molar-refractivity contribution in [1.29, 1.82) is 0 Å². The summed E-state index contributed by atoms with van der Waals surface area (Å²) in [6.07, 6.45) is 1.19. The summed E-state index contributed by atoms with van der Waals surface area (Å²) in [6.45, 7) is 1.39. The normalized spacial score (nSPS) is 11.3. The van der Waals surface area contributed by atoms with Crippen molar-refractivity contribution in [3.63, 3.8) is 0 Å². The highest BCUT2D eigenvalue weighted by molar-refractivity contribution is 5.69. The summed E-state index contributed by atoms with van der Waals surface area (Å²) in [5.74, 6) is 0.606. The van der Waals surface area contributed by atoms with Gasteiger partial charge in [0.1, 0.15) is 11.3 Å². The third-order valence-corrected chi connectivity index (χ3v) is 2.79. The average Bonchev–Trinajstić information content (AvgIpc) is 2.78. The maximum Gasteiger partial charge on any atom is 0.330 e. The number of hydrogen-bond donors (Lipinski definition) is 3. The van der Waals surface area contributed by atoms with Crippen LogP contribution < -0.4 is 17.0 Å². The fraction of sp³-hybridized carbons (Fsp3) is 0.545. The summed E-state index contributed by atoms with van der Waals surface area (Å²) in [6, 6.07) is 0. The molecule has 19 heavy (non-hydrogen) atoms. The zero-order chi connectivity index (χ0) is 13.8. The van der Waals surface area contributed by atoms with Gasteiger partial charge >= 0.3 is 5.69 Å². The van der Waals surface area contributed by atoms with Crippen LogP contribution in [0.1, 0.15) is 12.2 Å². The van der Waals surface area contributed by atoms with Crippen molar-refractivity contribution in [3.8, 4) is 0 Å². The highest BCUT2D eigenvalue weighted by Crippen LogP contribution is 2.05. The van der Waals surface area contributed by atoms with E-state index in [4.69, 9.17) is 10.5 Å². The molecule has 0 aliphatic rings. The molecule has 0 unspecified atom stereocenters. The van der Waals surface area contributed by atoms with E-state index in [1.807, 2.05) is 0 Å². The van der Waals surface area contributed by atoms with Crippen molar-refractivity contribution in [2.75, 3.05) is 20.3 Å². The van der Waals surface area contributed by atoms with Gasteiger partial charge in [-0.15, -0.1) is 0 Å². The minimum atomic E-state index is -0.459. The number of aryl methyl sites for hydroxylation is 1. The number of nitrogens with two attached hydrogens (primary N) is 1. The Kier molecular flexibility index (Phi) is 4.13. The van der Waals surface area contributed by atoms with Crippen molar-refractivity contribution >= 4 is 11.2 Å². The minimum Gasteiger partial charge on any atom is -0.385 e. The predicted octanol–water partition coefficient (Wildman–Crippen LogP) is -1.05. The molecular formula is C11H17N5O3. The molecule has 0 spiro atoms. The second-order valence-electron chi connectivity index (χ2n) is 4.18. The number of rotatable bonds is 6. The van der Waals surface area contributed by atoms with E-state index < -0.39 is 11.2 Å². The number of ether oxygens (including phenoxy) is 1. The van der Waals surface area contributed by atoms with Crippen LogP contribution in [-0.4, -0.2) is 39.8 Å². The first-order valence-corrected chi connectivity index (χ1v) is 6.08. The van der Waals surface area contributed by atoms with Crippen LogP contribution >= 0.6 is 0 Å². The molecule has 2 aromatic rings. The molecule has 0 atom stereocenters. The van der Waals surface area contributed by atoms with E-state index in [9.17, 15) is 9.59 Å². The molecule has 0 saturated carbocycles. The summed E-state index contributed by atoms with van der Waals surface area (Å²) in [5, 5.41) is 0. The molecule has 0 bridgehead atoms. The van der Waals surface area contributed by atoms with E-state index >= 15 is 0 Å². The molecule has 2 aromatic heterocycles. The number of imidazole rings is 1. The Hall–Kier alpha value is -1.93. The summed E-state index contributed by atoms with van der Waals surface area (Å²) in [4.78, 5) is 32.9. The van der Waals surface area contributed by atoms with Crippen LogP contribution in [0.4, 0.5) is 0 Å². The van der Waals surface area contributed by atoms with Gasteiger partial charge in [-0.1, -0.05) is 0 Å². The quantitative estimate of drug-likeness (QED) is 0.577. The Morgan fingerprint density at radius 3 is 2.84 bits per heavy atom. The van der Waals surface area contributed by atoms with Gasteiger partial charge in [-0.05, 0) is 13.0 Å². The van der Waals surface area contributed by atoms with Crippen LogP contribution in [0.3, 0.4) is 0 Å². The lowest BCUT2D eigenvalue weighted by atomic mass is 10.4. The first kappa shape index (κ1) is 13.5.